The van der Waals surface area contributed by atoms with E-state index in [1.165, 1.54) is 0 Å². The number of hydrogen-bond acceptors (Lipinski definition) is 16. The van der Waals surface area contributed by atoms with Gasteiger partial charge in [0.1, 0.15) is 18.7 Å². The van der Waals surface area contributed by atoms with E-state index in [9.17, 15) is 14.4 Å². The van der Waals surface area contributed by atoms with Crippen molar-refractivity contribution in [3.63, 3.8) is 0 Å². The number of rotatable bonds is 31. The molecule has 0 radical (unpaired) electrons. The molecule has 372 valence electrons. The van der Waals surface area contributed by atoms with E-state index in [1.807, 2.05) is 16.0 Å². The Morgan fingerprint density at radius 1 is 0.716 bits per heavy atom. The number of hydrogen-bond donors (Lipinski definition) is 4. The first-order chi connectivity index (χ1) is 32.2. The van der Waals surface area contributed by atoms with Gasteiger partial charge in [-0.3, -0.25) is 14.4 Å². The number of carbonyl (C=O) groups is 3. The number of unbranched alkanes of at least 4 members (excludes halogenated alkanes) is 3. The average molecular weight is 961 g/mol. The third-order valence-electron chi connectivity index (χ3n) is 11.5. The number of carboxylic acid groups (broad SMARTS) is 1. The fraction of sp³-hybridized carbons (Fsp3) is 0.721. The molecular weight excluding hydrogens is 888 g/mol. The van der Waals surface area contributed by atoms with Crippen LogP contribution in [0.3, 0.4) is 0 Å². The maximum absolute atomic E-state index is 14.1. The van der Waals surface area contributed by atoms with E-state index < -0.39 is 18.1 Å². The van der Waals surface area contributed by atoms with Gasteiger partial charge >= 0.3 is 5.97 Å². The number of carbonyl (C=O) groups excluding carboxylic acids is 2. The van der Waals surface area contributed by atoms with Crippen LogP contribution in [-0.2, 0) is 41.4 Å². The number of nitrogens with zero attached hydrogens (tertiary/aromatic N) is 13. The molecule has 0 spiro atoms. The molecule has 0 saturated carbocycles. The number of piperazine rings is 2. The van der Waals surface area contributed by atoms with E-state index >= 15 is 0 Å². The fourth-order valence-corrected chi connectivity index (χ4v) is 7.72. The number of ether oxygens (including phenoxy) is 3. The van der Waals surface area contributed by atoms with Gasteiger partial charge in [-0.1, -0.05) is 29.7 Å². The van der Waals surface area contributed by atoms with Gasteiger partial charge in [0, 0.05) is 77.7 Å². The number of aromatic nitrogens is 9. The van der Waals surface area contributed by atoms with E-state index in [-0.39, 0.29) is 43.7 Å². The number of halogens is 1. The van der Waals surface area contributed by atoms with Crippen molar-refractivity contribution in [1.82, 2.24) is 54.7 Å². The lowest BCUT2D eigenvalue weighted by molar-refractivity contribution is -0.369. The van der Waals surface area contributed by atoms with Crippen molar-refractivity contribution in [3.05, 3.63) is 23.8 Å². The van der Waals surface area contributed by atoms with Gasteiger partial charge < -0.3 is 68.1 Å². The first-order valence-corrected chi connectivity index (χ1v) is 23.6. The number of anilines is 3. The van der Waals surface area contributed by atoms with Crippen molar-refractivity contribution in [2.24, 2.45) is 0 Å². The topological polar surface area (TPSA) is 279 Å². The molecule has 3 aromatic rings. The molecule has 2 atom stereocenters. The smallest absolute Gasteiger partial charge is 0.303 e. The third kappa shape index (κ3) is 17.7. The third-order valence-corrected chi connectivity index (χ3v) is 11.5. The Bertz CT molecular complexity index is 1950. The highest BCUT2D eigenvalue weighted by molar-refractivity contribution is 5.81. The normalized spacial score (nSPS) is 15.0. The molecule has 2 aliphatic rings. The zero-order valence-electron chi connectivity index (χ0n) is 39.2. The first-order valence-electron chi connectivity index (χ1n) is 23.6. The molecule has 0 aliphatic carbocycles. The summed E-state index contributed by atoms with van der Waals surface area (Å²) in [7, 11) is 0. The SMILES string of the molecule is C#CCOCCOCCOCCNc1nc(N2CCN(C(=O)C(CCCC[NH3+])n3cc(CCCC)nn3)CC2)nc(N2CCN(C(=O)C(CCCC[NH3+])n3cc(CCC(=O)O)nn3)CC2)n1.[Cl-]. The maximum atomic E-state index is 14.1. The van der Waals surface area contributed by atoms with Crippen LogP contribution >= 0.6 is 0 Å². The van der Waals surface area contributed by atoms with E-state index in [1.54, 1.807) is 15.6 Å². The van der Waals surface area contributed by atoms with Gasteiger partial charge in [0.2, 0.25) is 29.7 Å². The molecule has 8 N–H and O–H groups in total. The number of nitrogens with one attached hydrogen (secondary N) is 1. The van der Waals surface area contributed by atoms with E-state index in [4.69, 9.17) is 40.7 Å². The van der Waals surface area contributed by atoms with Gasteiger partial charge in [-0.25, -0.2) is 9.36 Å². The molecule has 23 nitrogen and oxygen atoms in total. The zero-order chi connectivity index (χ0) is 46.9. The van der Waals surface area contributed by atoms with Gasteiger partial charge in [-0.2, -0.15) is 15.0 Å². The summed E-state index contributed by atoms with van der Waals surface area (Å²) in [6.45, 7) is 10.3. The van der Waals surface area contributed by atoms with Crippen molar-refractivity contribution in [2.75, 3.05) is 127 Å². The lowest BCUT2D eigenvalue weighted by Crippen LogP contribution is -3.00. The Hall–Kier alpha value is -5.25. The zero-order valence-corrected chi connectivity index (χ0v) is 39.9. The minimum atomic E-state index is -0.917. The number of aryl methyl sites for hydroxylation is 2. The highest BCUT2D eigenvalue weighted by Gasteiger charge is 2.33. The van der Waals surface area contributed by atoms with Crippen molar-refractivity contribution in [1.29, 1.82) is 0 Å². The van der Waals surface area contributed by atoms with Crippen LogP contribution < -0.4 is 39.0 Å². The van der Waals surface area contributed by atoms with Gasteiger partial charge in [0.15, 0.2) is 0 Å². The van der Waals surface area contributed by atoms with E-state index in [0.717, 1.165) is 63.7 Å². The molecule has 2 saturated heterocycles. The Morgan fingerprint density at radius 2 is 1.21 bits per heavy atom. The minimum absolute atomic E-state index is 0. The van der Waals surface area contributed by atoms with Crippen LogP contribution in [0.4, 0.5) is 17.8 Å². The number of carboxylic acids is 1. The van der Waals surface area contributed by atoms with Crippen LogP contribution in [0.2, 0.25) is 0 Å². The highest BCUT2D eigenvalue weighted by Crippen LogP contribution is 2.24. The minimum Gasteiger partial charge on any atom is -1.00 e. The second-order valence-electron chi connectivity index (χ2n) is 16.4. The summed E-state index contributed by atoms with van der Waals surface area (Å²) >= 11 is 0. The summed E-state index contributed by atoms with van der Waals surface area (Å²) < 4.78 is 19.9. The van der Waals surface area contributed by atoms with Gasteiger partial charge in [-0.15, -0.1) is 16.6 Å². The summed E-state index contributed by atoms with van der Waals surface area (Å²) in [5.41, 5.74) is 9.37. The predicted molar refractivity (Wildman–Crippen MR) is 243 cm³/mol. The Balaban J connectivity index is 0.00000980. The van der Waals surface area contributed by atoms with Crippen molar-refractivity contribution in [2.45, 2.75) is 89.6 Å². The number of aliphatic carboxylic acids is 1. The van der Waals surface area contributed by atoms with Crippen LogP contribution in [0.25, 0.3) is 0 Å². The molecule has 2 fully saturated rings. The molecule has 2 unspecified atom stereocenters. The van der Waals surface area contributed by atoms with Crippen LogP contribution in [0.1, 0.15) is 88.2 Å². The van der Waals surface area contributed by atoms with Crippen molar-refractivity contribution in [3.8, 4) is 12.3 Å². The van der Waals surface area contributed by atoms with Crippen LogP contribution in [-0.4, -0.2) is 189 Å². The average Bonchev–Trinajstić information content (AvgIpc) is 4.02. The van der Waals surface area contributed by atoms with Gasteiger partial charge in [-0.05, 0) is 51.4 Å². The molecule has 24 heteroatoms. The van der Waals surface area contributed by atoms with Gasteiger partial charge in [0.05, 0.1) is 63.9 Å². The van der Waals surface area contributed by atoms with Crippen molar-refractivity contribution < 1.29 is 57.6 Å². The molecule has 67 heavy (non-hydrogen) atoms. The lowest BCUT2D eigenvalue weighted by atomic mass is 10.1. The molecule has 2 amide bonds. The Labute approximate surface area is 399 Å². The van der Waals surface area contributed by atoms with E-state index in [2.05, 4.69) is 60.1 Å². The monoisotopic (exact) mass is 960 g/mol. The standard InChI is InChI=1S/C43H70N16O7.ClH/c1-3-5-10-34-32-58(52-50-34)36(11-6-8-15-44)39(62)54-18-22-56(23-19-54)42-47-41(46-17-27-65-29-31-66-30-28-64-26-4-2)48-43(49-42)57-24-20-55(21-25-57)40(63)37(12-7-9-16-45)59-33-35(51-53-59)13-14-38(60)61;/h2,32-33,36-37H,3,5-31,44-45H2,1H3,(H,60,61)(H,46,47,48,49);1H/p+1. The first kappa shape index (κ1) is 54.4. The Morgan fingerprint density at radius 3 is 1.69 bits per heavy atom. The predicted octanol–water partition coefficient (Wildman–Crippen LogP) is -3.88. The maximum Gasteiger partial charge on any atom is 0.303 e. The summed E-state index contributed by atoms with van der Waals surface area (Å²) in [5, 5.41) is 29.6. The number of terminal acetylenes is 1. The second-order valence-corrected chi connectivity index (χ2v) is 16.4. The lowest BCUT2D eigenvalue weighted by Gasteiger charge is -2.38. The van der Waals surface area contributed by atoms with Crippen molar-refractivity contribution >= 4 is 35.6 Å². The quantitative estimate of drug-likeness (QED) is 0.0355. The molecule has 0 aromatic carbocycles. The van der Waals surface area contributed by atoms with Crippen LogP contribution in [0.5, 0.6) is 0 Å². The molecule has 2 aliphatic heterocycles. The molecule has 0 bridgehead atoms. The van der Waals surface area contributed by atoms with Crippen LogP contribution in [0, 0.1) is 12.3 Å². The Kier molecular flexibility index (Phi) is 24.5. The molecule has 5 heterocycles. The summed E-state index contributed by atoms with van der Waals surface area (Å²) in [5.74, 6) is 2.85. The van der Waals surface area contributed by atoms with E-state index in [0.29, 0.717) is 128 Å². The van der Waals surface area contributed by atoms with Crippen LogP contribution in [0.15, 0.2) is 12.4 Å². The second kappa shape index (κ2) is 30.2. The molecule has 3 aromatic heterocycles. The largest absolute Gasteiger partial charge is 1.00 e. The summed E-state index contributed by atoms with van der Waals surface area (Å²) in [4.78, 5) is 61.9. The molecule has 5 rings (SSSR count). The number of amides is 2. The summed E-state index contributed by atoms with van der Waals surface area (Å²) in [6.07, 6.45) is 16.6. The highest BCUT2D eigenvalue weighted by atomic mass is 35.5. The fourth-order valence-electron chi connectivity index (χ4n) is 7.72. The number of quaternary nitrogens is 2. The molecular formula is C43H72ClN16O7+. The van der Waals surface area contributed by atoms with Gasteiger partial charge in [0.25, 0.3) is 0 Å². The summed E-state index contributed by atoms with van der Waals surface area (Å²) in [6, 6.07) is -0.997.